The van der Waals surface area contributed by atoms with E-state index in [1.807, 2.05) is 0 Å². The van der Waals surface area contributed by atoms with E-state index in [0.29, 0.717) is 28.3 Å². The molecule has 1 aliphatic rings. The minimum Gasteiger partial charge on any atom is -0.497 e. The van der Waals surface area contributed by atoms with Gasteiger partial charge in [0.05, 0.1) is 12.7 Å². The van der Waals surface area contributed by atoms with Crippen LogP contribution in [0.2, 0.25) is 0 Å². The van der Waals surface area contributed by atoms with Crippen molar-refractivity contribution in [3.8, 4) is 17.2 Å². The standard InChI is InChI=1S/C18H14N2O5/c1-23-11-3-4-14-12(7-11)13(8-19-14)17(21)18(22)20-10-2-5-15-16(6-10)25-9-24-15/h2-8,19H,9H2,1H3,(H,20,22). The van der Waals surface area contributed by atoms with Gasteiger partial charge < -0.3 is 24.5 Å². The molecule has 7 nitrogen and oxygen atoms in total. The molecular formula is C18H14N2O5. The maximum atomic E-state index is 12.5. The van der Waals surface area contributed by atoms with Gasteiger partial charge in [0.25, 0.3) is 11.7 Å². The van der Waals surface area contributed by atoms with E-state index in [1.54, 1.807) is 43.5 Å². The van der Waals surface area contributed by atoms with Gasteiger partial charge in [0.15, 0.2) is 11.5 Å². The molecule has 0 atom stereocenters. The van der Waals surface area contributed by atoms with Gasteiger partial charge in [0, 0.05) is 28.9 Å². The SMILES string of the molecule is COc1ccc2[nH]cc(C(=O)C(=O)Nc3ccc4c(c3)OCO4)c2c1. The van der Waals surface area contributed by atoms with Gasteiger partial charge in [-0.15, -0.1) is 0 Å². The molecule has 0 radical (unpaired) electrons. The molecule has 2 heterocycles. The molecule has 1 aromatic heterocycles. The average Bonchev–Trinajstić information content (AvgIpc) is 3.26. The molecule has 7 heteroatoms. The third kappa shape index (κ3) is 2.65. The van der Waals surface area contributed by atoms with Gasteiger partial charge in [-0.05, 0) is 30.3 Å². The number of methoxy groups -OCH3 is 1. The highest BCUT2D eigenvalue weighted by Crippen LogP contribution is 2.34. The summed E-state index contributed by atoms with van der Waals surface area (Å²) in [4.78, 5) is 27.8. The molecule has 0 unspecified atom stereocenters. The number of aromatic nitrogens is 1. The van der Waals surface area contributed by atoms with Crippen LogP contribution in [-0.2, 0) is 4.79 Å². The highest BCUT2D eigenvalue weighted by atomic mass is 16.7. The largest absolute Gasteiger partial charge is 0.497 e. The molecule has 1 aliphatic heterocycles. The predicted molar refractivity (Wildman–Crippen MR) is 90.4 cm³/mol. The van der Waals surface area contributed by atoms with E-state index in [2.05, 4.69) is 10.3 Å². The van der Waals surface area contributed by atoms with Crippen LogP contribution in [0.25, 0.3) is 10.9 Å². The Morgan fingerprint density at radius 2 is 1.96 bits per heavy atom. The number of hydrogen-bond acceptors (Lipinski definition) is 5. The molecule has 2 aromatic carbocycles. The van der Waals surface area contributed by atoms with Crippen LogP contribution in [0.15, 0.2) is 42.6 Å². The number of Topliss-reactive ketones (excluding diaryl/α,β-unsaturated/α-hetero) is 1. The second-order valence-corrected chi connectivity index (χ2v) is 5.47. The first-order valence-corrected chi connectivity index (χ1v) is 7.56. The Balaban J connectivity index is 1.59. The second-order valence-electron chi connectivity index (χ2n) is 5.47. The van der Waals surface area contributed by atoms with Crippen LogP contribution in [0.5, 0.6) is 17.2 Å². The van der Waals surface area contributed by atoms with E-state index in [9.17, 15) is 9.59 Å². The summed E-state index contributed by atoms with van der Waals surface area (Å²) in [6, 6.07) is 10.2. The number of ketones is 1. The molecule has 0 saturated carbocycles. The van der Waals surface area contributed by atoms with Gasteiger partial charge in [-0.2, -0.15) is 0 Å². The van der Waals surface area contributed by atoms with E-state index < -0.39 is 11.7 Å². The molecule has 4 rings (SSSR count). The minimum atomic E-state index is -0.734. The fourth-order valence-corrected chi connectivity index (χ4v) is 2.70. The van der Waals surface area contributed by atoms with Gasteiger partial charge in [0.2, 0.25) is 6.79 Å². The summed E-state index contributed by atoms with van der Waals surface area (Å²) in [5.74, 6) is 0.368. The Morgan fingerprint density at radius 3 is 2.80 bits per heavy atom. The van der Waals surface area contributed by atoms with Crippen LogP contribution in [0, 0.1) is 0 Å². The van der Waals surface area contributed by atoms with E-state index >= 15 is 0 Å². The van der Waals surface area contributed by atoms with E-state index in [1.165, 1.54) is 6.20 Å². The Morgan fingerprint density at radius 1 is 1.12 bits per heavy atom. The number of H-pyrrole nitrogens is 1. The minimum absolute atomic E-state index is 0.142. The average molecular weight is 338 g/mol. The highest BCUT2D eigenvalue weighted by Gasteiger charge is 2.21. The van der Waals surface area contributed by atoms with Crippen molar-refractivity contribution in [2.45, 2.75) is 0 Å². The fourth-order valence-electron chi connectivity index (χ4n) is 2.70. The van der Waals surface area contributed by atoms with Crippen molar-refractivity contribution in [3.05, 3.63) is 48.2 Å². The van der Waals surface area contributed by atoms with Crippen molar-refractivity contribution in [3.63, 3.8) is 0 Å². The zero-order valence-electron chi connectivity index (χ0n) is 13.3. The second kappa shape index (κ2) is 5.86. The van der Waals surface area contributed by atoms with Gasteiger partial charge in [-0.3, -0.25) is 9.59 Å². The molecule has 0 aliphatic carbocycles. The summed E-state index contributed by atoms with van der Waals surface area (Å²) >= 11 is 0. The van der Waals surface area contributed by atoms with Gasteiger partial charge in [-0.1, -0.05) is 0 Å². The summed E-state index contributed by atoms with van der Waals surface area (Å²) in [6.07, 6.45) is 1.52. The maximum Gasteiger partial charge on any atom is 0.296 e. The van der Waals surface area contributed by atoms with E-state index in [4.69, 9.17) is 14.2 Å². The molecule has 0 bridgehead atoms. The van der Waals surface area contributed by atoms with Gasteiger partial charge >= 0.3 is 0 Å². The molecule has 0 spiro atoms. The fraction of sp³-hybridized carbons (Fsp3) is 0.111. The molecule has 1 amide bonds. The zero-order valence-corrected chi connectivity index (χ0v) is 13.3. The Bertz CT molecular complexity index is 992. The molecule has 3 aromatic rings. The number of benzene rings is 2. The zero-order chi connectivity index (χ0) is 17.4. The summed E-state index contributed by atoms with van der Waals surface area (Å²) in [7, 11) is 1.54. The molecule has 0 saturated heterocycles. The van der Waals surface area contributed by atoms with Crippen LogP contribution in [0.4, 0.5) is 5.69 Å². The van der Waals surface area contributed by atoms with Crippen molar-refractivity contribution in [1.82, 2.24) is 4.98 Å². The highest BCUT2D eigenvalue weighted by molar-refractivity contribution is 6.48. The van der Waals surface area contributed by atoms with Crippen LogP contribution < -0.4 is 19.5 Å². The molecule has 25 heavy (non-hydrogen) atoms. The number of fused-ring (bicyclic) bond motifs is 2. The first-order chi connectivity index (χ1) is 12.2. The molecular weight excluding hydrogens is 324 g/mol. The lowest BCUT2D eigenvalue weighted by molar-refractivity contribution is -0.112. The van der Waals surface area contributed by atoms with Gasteiger partial charge in [-0.25, -0.2) is 0 Å². The quantitative estimate of drug-likeness (QED) is 0.564. The summed E-state index contributed by atoms with van der Waals surface area (Å²) in [5, 5.41) is 3.21. The number of amides is 1. The number of nitrogens with one attached hydrogen (secondary N) is 2. The number of carbonyl (C=O) groups is 2. The van der Waals surface area contributed by atoms with Crippen molar-refractivity contribution >= 4 is 28.3 Å². The number of ether oxygens (including phenoxy) is 3. The smallest absolute Gasteiger partial charge is 0.296 e. The van der Waals surface area contributed by atoms with E-state index in [-0.39, 0.29) is 12.4 Å². The Hall–Kier alpha value is -3.48. The number of hydrogen-bond donors (Lipinski definition) is 2. The summed E-state index contributed by atoms with van der Waals surface area (Å²) < 4.78 is 15.6. The lowest BCUT2D eigenvalue weighted by Crippen LogP contribution is -2.22. The lowest BCUT2D eigenvalue weighted by atomic mass is 10.1. The third-order valence-electron chi connectivity index (χ3n) is 3.97. The van der Waals surface area contributed by atoms with Crippen LogP contribution in [-0.4, -0.2) is 30.6 Å². The number of anilines is 1. The Labute approximate surface area is 142 Å². The third-order valence-corrected chi connectivity index (χ3v) is 3.97. The summed E-state index contributed by atoms with van der Waals surface area (Å²) in [6.45, 7) is 0.142. The predicted octanol–water partition coefficient (Wildman–Crippen LogP) is 2.73. The lowest BCUT2D eigenvalue weighted by Gasteiger charge is -2.05. The normalized spacial score (nSPS) is 12.2. The first kappa shape index (κ1) is 15.1. The number of carbonyl (C=O) groups excluding carboxylic acids is 2. The molecule has 0 fully saturated rings. The van der Waals surface area contributed by atoms with Crippen LogP contribution in [0.3, 0.4) is 0 Å². The van der Waals surface area contributed by atoms with Crippen molar-refractivity contribution in [2.24, 2.45) is 0 Å². The summed E-state index contributed by atoms with van der Waals surface area (Å²) in [5.41, 5.74) is 1.49. The van der Waals surface area contributed by atoms with E-state index in [0.717, 1.165) is 5.52 Å². The van der Waals surface area contributed by atoms with Crippen molar-refractivity contribution in [2.75, 3.05) is 19.2 Å². The first-order valence-electron chi connectivity index (χ1n) is 7.56. The molecule has 126 valence electrons. The monoisotopic (exact) mass is 338 g/mol. The maximum absolute atomic E-state index is 12.5. The number of rotatable bonds is 4. The van der Waals surface area contributed by atoms with Crippen LogP contribution in [0.1, 0.15) is 10.4 Å². The number of aromatic amines is 1. The van der Waals surface area contributed by atoms with Gasteiger partial charge in [0.1, 0.15) is 5.75 Å². The Kier molecular flexibility index (Phi) is 3.53. The van der Waals surface area contributed by atoms with Crippen molar-refractivity contribution in [1.29, 1.82) is 0 Å². The van der Waals surface area contributed by atoms with Crippen molar-refractivity contribution < 1.29 is 23.8 Å². The van der Waals surface area contributed by atoms with Crippen LogP contribution >= 0.6 is 0 Å². The molecule has 2 N–H and O–H groups in total. The topological polar surface area (TPSA) is 89.7 Å².